The maximum absolute atomic E-state index is 4.37. The SMILES string of the molecule is Cc1ccc(-c2[nH]ncc2CN2CCCCCC2c2sccc2C)cc1. The molecule has 0 amide bonds. The Balaban J connectivity index is 1.62. The summed E-state index contributed by atoms with van der Waals surface area (Å²) in [5.74, 6) is 0. The highest BCUT2D eigenvalue weighted by Gasteiger charge is 2.26. The molecule has 1 saturated heterocycles. The van der Waals surface area contributed by atoms with Gasteiger partial charge in [-0.05, 0) is 55.8 Å². The van der Waals surface area contributed by atoms with Gasteiger partial charge in [-0.3, -0.25) is 10.00 Å². The van der Waals surface area contributed by atoms with Gasteiger partial charge in [0.05, 0.1) is 11.9 Å². The second kappa shape index (κ2) is 7.77. The predicted octanol–water partition coefficient (Wildman–Crippen LogP) is 5.87. The summed E-state index contributed by atoms with van der Waals surface area (Å²) in [6, 6.07) is 11.5. The minimum Gasteiger partial charge on any atom is -0.291 e. The molecule has 1 N–H and O–H groups in total. The van der Waals surface area contributed by atoms with Crippen molar-refractivity contribution in [3.8, 4) is 11.3 Å². The summed E-state index contributed by atoms with van der Waals surface area (Å²) in [7, 11) is 0. The molecule has 1 unspecified atom stereocenters. The predicted molar refractivity (Wildman–Crippen MR) is 109 cm³/mol. The smallest absolute Gasteiger partial charge is 0.0695 e. The molecule has 3 heterocycles. The van der Waals surface area contributed by atoms with E-state index in [4.69, 9.17) is 0 Å². The molecule has 3 aromatic rings. The first-order chi connectivity index (χ1) is 12.7. The molecule has 0 radical (unpaired) electrons. The normalized spacial score (nSPS) is 18.8. The van der Waals surface area contributed by atoms with Gasteiger partial charge in [-0.25, -0.2) is 0 Å². The van der Waals surface area contributed by atoms with Gasteiger partial charge in [0.2, 0.25) is 0 Å². The maximum atomic E-state index is 4.37. The van der Waals surface area contributed by atoms with Gasteiger partial charge in [0, 0.05) is 23.0 Å². The van der Waals surface area contributed by atoms with Crippen LogP contribution in [0.15, 0.2) is 41.9 Å². The number of nitrogens with zero attached hydrogens (tertiary/aromatic N) is 2. The maximum Gasteiger partial charge on any atom is 0.0695 e. The first-order valence-electron chi connectivity index (χ1n) is 9.59. The first-order valence-corrected chi connectivity index (χ1v) is 10.5. The van der Waals surface area contributed by atoms with Crippen LogP contribution in [0.1, 0.15) is 53.3 Å². The summed E-state index contributed by atoms with van der Waals surface area (Å²) in [5.41, 5.74) is 6.42. The van der Waals surface area contributed by atoms with Gasteiger partial charge in [-0.1, -0.05) is 42.7 Å². The number of rotatable bonds is 4. The molecule has 3 nitrogen and oxygen atoms in total. The second-order valence-corrected chi connectivity index (χ2v) is 8.39. The first kappa shape index (κ1) is 17.5. The molecule has 1 atom stereocenters. The Morgan fingerprint density at radius 1 is 1.12 bits per heavy atom. The van der Waals surface area contributed by atoms with Crippen LogP contribution in [0.2, 0.25) is 0 Å². The van der Waals surface area contributed by atoms with E-state index >= 15 is 0 Å². The van der Waals surface area contributed by atoms with Crippen molar-refractivity contribution in [3.63, 3.8) is 0 Å². The molecule has 1 fully saturated rings. The number of H-pyrrole nitrogens is 1. The number of likely N-dealkylation sites (tertiary alicyclic amines) is 1. The fourth-order valence-corrected chi connectivity index (χ4v) is 5.10. The van der Waals surface area contributed by atoms with E-state index in [-0.39, 0.29) is 0 Å². The number of benzene rings is 1. The van der Waals surface area contributed by atoms with Crippen LogP contribution < -0.4 is 0 Å². The standard InChI is InChI=1S/C22H27N3S/c1-16-7-9-18(10-8-16)21-19(14-23-24-21)15-25-12-5-3-4-6-20(25)22-17(2)11-13-26-22/h7-11,13-14,20H,3-6,12,15H2,1-2H3,(H,23,24). The van der Waals surface area contributed by atoms with E-state index in [1.165, 1.54) is 54.5 Å². The lowest BCUT2D eigenvalue weighted by Gasteiger charge is -2.30. The van der Waals surface area contributed by atoms with E-state index < -0.39 is 0 Å². The van der Waals surface area contributed by atoms with E-state index in [2.05, 4.69) is 64.7 Å². The number of hydrogen-bond acceptors (Lipinski definition) is 3. The molecule has 4 rings (SSSR count). The van der Waals surface area contributed by atoms with Crippen molar-refractivity contribution in [2.45, 2.75) is 52.1 Å². The lowest BCUT2D eigenvalue weighted by atomic mass is 10.0. The zero-order chi connectivity index (χ0) is 17.9. The van der Waals surface area contributed by atoms with Crippen molar-refractivity contribution < 1.29 is 0 Å². The highest BCUT2D eigenvalue weighted by molar-refractivity contribution is 7.10. The van der Waals surface area contributed by atoms with Crippen LogP contribution >= 0.6 is 11.3 Å². The molecule has 2 aromatic heterocycles. The summed E-state index contributed by atoms with van der Waals surface area (Å²) in [6.07, 6.45) is 7.23. The Labute approximate surface area is 160 Å². The largest absolute Gasteiger partial charge is 0.291 e. The fourth-order valence-electron chi connectivity index (χ4n) is 4.00. The highest BCUT2D eigenvalue weighted by Crippen LogP contribution is 2.36. The van der Waals surface area contributed by atoms with Gasteiger partial charge in [0.25, 0.3) is 0 Å². The third-order valence-electron chi connectivity index (χ3n) is 5.50. The van der Waals surface area contributed by atoms with Crippen LogP contribution in [-0.4, -0.2) is 21.6 Å². The number of hydrogen-bond donors (Lipinski definition) is 1. The number of thiophene rings is 1. The number of aromatic amines is 1. The van der Waals surface area contributed by atoms with Gasteiger partial charge in [-0.2, -0.15) is 5.10 Å². The van der Waals surface area contributed by atoms with Gasteiger partial charge >= 0.3 is 0 Å². The molecule has 0 saturated carbocycles. The molecule has 136 valence electrons. The topological polar surface area (TPSA) is 31.9 Å². The van der Waals surface area contributed by atoms with E-state index in [0.29, 0.717) is 6.04 Å². The Morgan fingerprint density at radius 2 is 1.96 bits per heavy atom. The average molecular weight is 366 g/mol. The molecule has 26 heavy (non-hydrogen) atoms. The van der Waals surface area contributed by atoms with Gasteiger partial charge in [0.15, 0.2) is 0 Å². The molecule has 0 spiro atoms. The van der Waals surface area contributed by atoms with E-state index in [1.807, 2.05) is 17.5 Å². The van der Waals surface area contributed by atoms with Crippen molar-refractivity contribution in [1.29, 1.82) is 0 Å². The Kier molecular flexibility index (Phi) is 5.23. The molecule has 1 aliphatic heterocycles. The minimum atomic E-state index is 0.540. The summed E-state index contributed by atoms with van der Waals surface area (Å²) >= 11 is 1.92. The Hall–Kier alpha value is -1.91. The summed E-state index contributed by atoms with van der Waals surface area (Å²) < 4.78 is 0. The summed E-state index contributed by atoms with van der Waals surface area (Å²) in [5, 5.41) is 9.84. The molecule has 4 heteroatoms. The second-order valence-electron chi connectivity index (χ2n) is 7.44. The third-order valence-corrected chi connectivity index (χ3v) is 6.62. The van der Waals surface area contributed by atoms with E-state index in [0.717, 1.165) is 12.2 Å². The van der Waals surface area contributed by atoms with Crippen molar-refractivity contribution in [3.05, 3.63) is 63.5 Å². The van der Waals surface area contributed by atoms with Gasteiger partial charge in [-0.15, -0.1) is 11.3 Å². The van der Waals surface area contributed by atoms with Gasteiger partial charge < -0.3 is 0 Å². The molecule has 1 aromatic carbocycles. The van der Waals surface area contributed by atoms with Crippen molar-refractivity contribution in [1.82, 2.24) is 15.1 Å². The fraction of sp³-hybridized carbons (Fsp3) is 0.409. The highest BCUT2D eigenvalue weighted by atomic mass is 32.1. The van der Waals surface area contributed by atoms with Crippen LogP contribution in [0.4, 0.5) is 0 Å². The van der Waals surface area contributed by atoms with E-state index in [9.17, 15) is 0 Å². The molecular formula is C22H27N3S. The van der Waals surface area contributed by atoms with Crippen LogP contribution in [0.25, 0.3) is 11.3 Å². The monoisotopic (exact) mass is 365 g/mol. The summed E-state index contributed by atoms with van der Waals surface area (Å²) in [6.45, 7) is 6.51. The molecule has 0 bridgehead atoms. The molecule has 1 aliphatic rings. The number of aryl methyl sites for hydroxylation is 2. The van der Waals surface area contributed by atoms with Crippen molar-refractivity contribution in [2.75, 3.05) is 6.54 Å². The van der Waals surface area contributed by atoms with Crippen LogP contribution in [-0.2, 0) is 6.54 Å². The summed E-state index contributed by atoms with van der Waals surface area (Å²) in [4.78, 5) is 4.22. The zero-order valence-corrected chi connectivity index (χ0v) is 16.5. The molecular weight excluding hydrogens is 338 g/mol. The third kappa shape index (κ3) is 3.62. The Morgan fingerprint density at radius 3 is 2.73 bits per heavy atom. The minimum absolute atomic E-state index is 0.540. The van der Waals surface area contributed by atoms with Gasteiger partial charge in [0.1, 0.15) is 0 Å². The van der Waals surface area contributed by atoms with Crippen LogP contribution in [0.3, 0.4) is 0 Å². The van der Waals surface area contributed by atoms with Crippen LogP contribution in [0.5, 0.6) is 0 Å². The lowest BCUT2D eigenvalue weighted by Crippen LogP contribution is -2.28. The quantitative estimate of drug-likeness (QED) is 0.627. The average Bonchev–Trinajstić information content (AvgIpc) is 3.21. The number of nitrogens with one attached hydrogen (secondary N) is 1. The Bertz CT molecular complexity index is 846. The lowest BCUT2D eigenvalue weighted by molar-refractivity contribution is 0.195. The van der Waals surface area contributed by atoms with E-state index in [1.54, 1.807) is 4.88 Å². The number of aromatic nitrogens is 2. The van der Waals surface area contributed by atoms with Crippen molar-refractivity contribution >= 4 is 11.3 Å². The molecule has 0 aliphatic carbocycles. The zero-order valence-electron chi connectivity index (χ0n) is 15.7. The van der Waals surface area contributed by atoms with Crippen LogP contribution in [0, 0.1) is 13.8 Å². The van der Waals surface area contributed by atoms with Crippen molar-refractivity contribution in [2.24, 2.45) is 0 Å².